The summed E-state index contributed by atoms with van der Waals surface area (Å²) in [4.78, 5) is 0. The van der Waals surface area contributed by atoms with Gasteiger partial charge in [0.15, 0.2) is 0 Å². The maximum atomic E-state index is 5.85. The normalized spacial score (nSPS) is 14.6. The lowest BCUT2D eigenvalue weighted by atomic mass is 9.93. The van der Waals surface area contributed by atoms with Gasteiger partial charge in [-0.05, 0) is 30.4 Å². The van der Waals surface area contributed by atoms with Crippen LogP contribution in [0, 0.1) is 5.92 Å². The van der Waals surface area contributed by atoms with Gasteiger partial charge in [0, 0.05) is 6.61 Å². The number of rotatable bonds is 8. The van der Waals surface area contributed by atoms with Gasteiger partial charge >= 0.3 is 0 Å². The highest BCUT2D eigenvalue weighted by atomic mass is 16.5. The Morgan fingerprint density at radius 2 is 1.79 bits per heavy atom. The fourth-order valence-electron chi connectivity index (χ4n) is 2.43. The number of hydrogen-bond acceptors (Lipinski definition) is 3. The van der Waals surface area contributed by atoms with Gasteiger partial charge in [0.1, 0.15) is 0 Å². The summed E-state index contributed by atoms with van der Waals surface area (Å²) in [5.41, 5.74) is 5.47. The van der Waals surface area contributed by atoms with Gasteiger partial charge in [0.05, 0.1) is 12.1 Å². The number of hydrogen-bond donors (Lipinski definition) is 2. The van der Waals surface area contributed by atoms with Gasteiger partial charge in [0.2, 0.25) is 0 Å². The standard InChI is InChI=1S/C16H28N2O/c1-5-7-13-8-10-14(11-9-13)15(18-17)16(12(3)4)19-6-2/h8-12,15-16,18H,5-7,17H2,1-4H3. The van der Waals surface area contributed by atoms with Gasteiger partial charge in [0.25, 0.3) is 0 Å². The number of nitrogens with two attached hydrogens (primary N) is 1. The number of benzene rings is 1. The maximum Gasteiger partial charge on any atom is 0.0805 e. The van der Waals surface area contributed by atoms with Crippen LogP contribution in [0.4, 0.5) is 0 Å². The Morgan fingerprint density at radius 1 is 1.16 bits per heavy atom. The SMILES string of the molecule is CCCc1ccc(C(NN)C(OCC)C(C)C)cc1. The van der Waals surface area contributed by atoms with Crippen LogP contribution in [0.25, 0.3) is 0 Å². The summed E-state index contributed by atoms with van der Waals surface area (Å²) in [7, 11) is 0. The molecule has 108 valence electrons. The molecule has 0 fully saturated rings. The van der Waals surface area contributed by atoms with Crippen molar-refractivity contribution < 1.29 is 4.74 Å². The molecule has 0 bridgehead atoms. The van der Waals surface area contributed by atoms with Gasteiger partial charge in [-0.15, -0.1) is 0 Å². The molecule has 19 heavy (non-hydrogen) atoms. The Labute approximate surface area is 117 Å². The summed E-state index contributed by atoms with van der Waals surface area (Å²) in [5, 5.41) is 0. The lowest BCUT2D eigenvalue weighted by molar-refractivity contribution is 0.00277. The third-order valence-corrected chi connectivity index (χ3v) is 3.40. The Bertz CT molecular complexity index is 348. The minimum atomic E-state index is 0.0376. The van der Waals surface area contributed by atoms with E-state index in [9.17, 15) is 0 Å². The predicted octanol–water partition coefficient (Wildman–Crippen LogP) is 3.20. The molecule has 0 aromatic heterocycles. The minimum absolute atomic E-state index is 0.0376. The van der Waals surface area contributed by atoms with Crippen molar-refractivity contribution in [2.75, 3.05) is 6.61 Å². The van der Waals surface area contributed by atoms with E-state index in [4.69, 9.17) is 10.6 Å². The predicted molar refractivity (Wildman–Crippen MR) is 80.8 cm³/mol. The largest absolute Gasteiger partial charge is 0.376 e. The molecule has 2 atom stereocenters. The summed E-state index contributed by atoms with van der Waals surface area (Å²) in [5.74, 6) is 6.15. The Kier molecular flexibility index (Phi) is 7.06. The third kappa shape index (κ3) is 4.60. The summed E-state index contributed by atoms with van der Waals surface area (Å²) < 4.78 is 5.85. The molecule has 1 rings (SSSR count). The molecule has 1 aromatic carbocycles. The second kappa shape index (κ2) is 8.31. The van der Waals surface area contributed by atoms with Crippen LogP contribution >= 0.6 is 0 Å². The number of hydrazine groups is 1. The van der Waals surface area contributed by atoms with E-state index in [1.807, 2.05) is 6.92 Å². The highest BCUT2D eigenvalue weighted by Gasteiger charge is 2.25. The smallest absolute Gasteiger partial charge is 0.0805 e. The fraction of sp³-hybridized carbons (Fsp3) is 0.625. The topological polar surface area (TPSA) is 47.3 Å². The van der Waals surface area contributed by atoms with Crippen LogP contribution < -0.4 is 11.3 Å². The molecule has 0 radical (unpaired) electrons. The van der Waals surface area contributed by atoms with Crippen LogP contribution in [0.5, 0.6) is 0 Å². The van der Waals surface area contributed by atoms with Crippen LogP contribution in [0.3, 0.4) is 0 Å². The molecule has 0 saturated carbocycles. The van der Waals surface area contributed by atoms with Crippen LogP contribution in [0.15, 0.2) is 24.3 Å². The van der Waals surface area contributed by atoms with Crippen molar-refractivity contribution in [2.24, 2.45) is 11.8 Å². The first kappa shape index (κ1) is 16.2. The third-order valence-electron chi connectivity index (χ3n) is 3.40. The highest BCUT2D eigenvalue weighted by molar-refractivity contribution is 5.26. The molecule has 0 saturated heterocycles. The van der Waals surface area contributed by atoms with Crippen molar-refractivity contribution in [1.29, 1.82) is 0 Å². The quantitative estimate of drug-likeness (QED) is 0.560. The second-order valence-corrected chi connectivity index (χ2v) is 5.30. The molecule has 0 aliphatic rings. The van der Waals surface area contributed by atoms with E-state index in [0.29, 0.717) is 12.5 Å². The minimum Gasteiger partial charge on any atom is -0.376 e. The van der Waals surface area contributed by atoms with E-state index in [1.54, 1.807) is 0 Å². The van der Waals surface area contributed by atoms with Gasteiger partial charge in [-0.3, -0.25) is 11.3 Å². The monoisotopic (exact) mass is 264 g/mol. The summed E-state index contributed by atoms with van der Waals surface area (Å²) in [6.45, 7) is 9.25. The van der Waals surface area contributed by atoms with Crippen LogP contribution in [-0.2, 0) is 11.2 Å². The number of nitrogens with one attached hydrogen (secondary N) is 1. The van der Waals surface area contributed by atoms with Crippen molar-refractivity contribution in [3.8, 4) is 0 Å². The van der Waals surface area contributed by atoms with E-state index < -0.39 is 0 Å². The lowest BCUT2D eigenvalue weighted by Crippen LogP contribution is -2.40. The van der Waals surface area contributed by atoms with Crippen LogP contribution in [0.2, 0.25) is 0 Å². The number of aryl methyl sites for hydroxylation is 1. The lowest BCUT2D eigenvalue weighted by Gasteiger charge is -2.30. The van der Waals surface area contributed by atoms with E-state index in [2.05, 4.69) is 50.5 Å². The Hall–Kier alpha value is -0.900. The van der Waals surface area contributed by atoms with Gasteiger partial charge in [-0.1, -0.05) is 51.5 Å². The zero-order valence-electron chi connectivity index (χ0n) is 12.6. The second-order valence-electron chi connectivity index (χ2n) is 5.30. The average Bonchev–Trinajstić information content (AvgIpc) is 2.40. The summed E-state index contributed by atoms with van der Waals surface area (Å²) in [6, 6.07) is 8.72. The molecule has 0 aliphatic carbocycles. The first-order chi connectivity index (χ1) is 9.13. The van der Waals surface area contributed by atoms with Gasteiger partial charge in [-0.2, -0.15) is 0 Å². The Morgan fingerprint density at radius 3 is 2.21 bits per heavy atom. The number of ether oxygens (including phenoxy) is 1. The van der Waals surface area contributed by atoms with Crippen molar-refractivity contribution in [3.05, 3.63) is 35.4 Å². The van der Waals surface area contributed by atoms with E-state index >= 15 is 0 Å². The van der Waals surface area contributed by atoms with Crippen molar-refractivity contribution in [2.45, 2.75) is 52.7 Å². The molecule has 1 aromatic rings. The zero-order valence-corrected chi connectivity index (χ0v) is 12.6. The highest BCUT2D eigenvalue weighted by Crippen LogP contribution is 2.24. The molecule has 3 heteroatoms. The molecule has 3 N–H and O–H groups in total. The molecule has 3 nitrogen and oxygen atoms in total. The first-order valence-corrected chi connectivity index (χ1v) is 7.30. The average molecular weight is 264 g/mol. The van der Waals surface area contributed by atoms with Crippen molar-refractivity contribution in [1.82, 2.24) is 5.43 Å². The zero-order chi connectivity index (χ0) is 14.3. The van der Waals surface area contributed by atoms with Gasteiger partial charge in [-0.25, -0.2) is 0 Å². The molecule has 0 amide bonds. The molecular weight excluding hydrogens is 236 g/mol. The molecule has 0 spiro atoms. The van der Waals surface area contributed by atoms with E-state index in [-0.39, 0.29) is 12.1 Å². The van der Waals surface area contributed by atoms with E-state index in [0.717, 1.165) is 6.42 Å². The van der Waals surface area contributed by atoms with E-state index in [1.165, 1.54) is 17.5 Å². The molecule has 2 unspecified atom stereocenters. The molecule has 0 heterocycles. The van der Waals surface area contributed by atoms with Crippen LogP contribution in [0.1, 0.15) is 51.3 Å². The summed E-state index contributed by atoms with van der Waals surface area (Å²) in [6.07, 6.45) is 2.39. The maximum absolute atomic E-state index is 5.85. The molecular formula is C16H28N2O. The Balaban J connectivity index is 2.88. The van der Waals surface area contributed by atoms with Crippen molar-refractivity contribution in [3.63, 3.8) is 0 Å². The van der Waals surface area contributed by atoms with Crippen molar-refractivity contribution >= 4 is 0 Å². The summed E-state index contributed by atoms with van der Waals surface area (Å²) >= 11 is 0. The molecule has 0 aliphatic heterocycles. The fourth-order valence-corrected chi connectivity index (χ4v) is 2.43. The first-order valence-electron chi connectivity index (χ1n) is 7.30. The van der Waals surface area contributed by atoms with Gasteiger partial charge < -0.3 is 4.74 Å². The van der Waals surface area contributed by atoms with Crippen LogP contribution in [-0.4, -0.2) is 12.7 Å².